The number of halogens is 2. The zero-order chi connectivity index (χ0) is 15.0. The van der Waals surface area contributed by atoms with Crippen molar-refractivity contribution < 1.29 is 14.6 Å². The Hall–Kier alpha value is -1.55. The zero-order valence-corrected chi connectivity index (χ0v) is 12.4. The molecule has 2 aromatic carbocycles. The van der Waals surface area contributed by atoms with Gasteiger partial charge in [0.25, 0.3) is 0 Å². The molecule has 5 heteroatoms. The first-order valence-electron chi connectivity index (χ1n) is 6.46. The highest BCUT2D eigenvalue weighted by atomic mass is 35.5. The SMILES string of the molecule is O=C(c1cccc(Cl)c1)C1COc2ccc(Cl)cc2C1O. The van der Waals surface area contributed by atoms with Gasteiger partial charge in [0.1, 0.15) is 12.4 Å². The first-order chi connectivity index (χ1) is 10.1. The Bertz CT molecular complexity index is 700. The maximum Gasteiger partial charge on any atom is 0.172 e. The monoisotopic (exact) mass is 322 g/mol. The van der Waals surface area contributed by atoms with Gasteiger partial charge >= 0.3 is 0 Å². The first kappa shape index (κ1) is 14.4. The molecule has 1 aliphatic rings. The van der Waals surface area contributed by atoms with Gasteiger partial charge in [-0.25, -0.2) is 0 Å². The highest BCUT2D eigenvalue weighted by Crippen LogP contribution is 2.38. The van der Waals surface area contributed by atoms with Crippen LogP contribution < -0.4 is 4.74 Å². The summed E-state index contributed by atoms with van der Waals surface area (Å²) in [5, 5.41) is 11.4. The number of ether oxygens (including phenoxy) is 1. The summed E-state index contributed by atoms with van der Waals surface area (Å²) in [6.07, 6.45) is -0.945. The molecular weight excluding hydrogens is 311 g/mol. The number of aliphatic hydroxyl groups is 1. The van der Waals surface area contributed by atoms with Gasteiger partial charge in [-0.15, -0.1) is 0 Å². The molecule has 2 unspecified atom stereocenters. The second-order valence-electron chi connectivity index (χ2n) is 4.92. The predicted octanol–water partition coefficient (Wildman–Crippen LogP) is 3.92. The number of Topliss-reactive ketones (excluding diaryl/α,β-unsaturated/α-hetero) is 1. The maximum absolute atomic E-state index is 12.5. The first-order valence-corrected chi connectivity index (χ1v) is 7.22. The van der Waals surface area contributed by atoms with E-state index in [2.05, 4.69) is 0 Å². The van der Waals surface area contributed by atoms with Crippen molar-refractivity contribution in [3.63, 3.8) is 0 Å². The summed E-state index contributed by atoms with van der Waals surface area (Å²) in [7, 11) is 0. The van der Waals surface area contributed by atoms with Crippen LogP contribution in [0.2, 0.25) is 10.0 Å². The summed E-state index contributed by atoms with van der Waals surface area (Å²) >= 11 is 11.8. The molecule has 2 aromatic rings. The average molecular weight is 323 g/mol. The van der Waals surface area contributed by atoms with Gasteiger partial charge in [-0.3, -0.25) is 4.79 Å². The molecule has 1 aliphatic heterocycles. The molecule has 0 radical (unpaired) electrons. The van der Waals surface area contributed by atoms with Gasteiger partial charge in [-0.05, 0) is 30.3 Å². The molecule has 0 fully saturated rings. The van der Waals surface area contributed by atoms with E-state index in [-0.39, 0.29) is 12.4 Å². The third-order valence-corrected chi connectivity index (χ3v) is 4.01. The number of benzene rings is 2. The van der Waals surface area contributed by atoms with Gasteiger partial charge in [0.2, 0.25) is 0 Å². The summed E-state index contributed by atoms with van der Waals surface area (Å²) in [5.74, 6) is -0.313. The van der Waals surface area contributed by atoms with Gasteiger partial charge in [0.05, 0.1) is 12.0 Å². The minimum absolute atomic E-state index is 0.126. The molecule has 0 amide bonds. The number of hydrogen-bond donors (Lipinski definition) is 1. The normalized spacial score (nSPS) is 20.5. The number of fused-ring (bicyclic) bond motifs is 1. The quantitative estimate of drug-likeness (QED) is 0.852. The van der Waals surface area contributed by atoms with Crippen LogP contribution in [-0.2, 0) is 0 Å². The van der Waals surface area contributed by atoms with E-state index in [9.17, 15) is 9.90 Å². The van der Waals surface area contributed by atoms with Crippen LogP contribution in [-0.4, -0.2) is 17.5 Å². The Balaban J connectivity index is 1.92. The lowest BCUT2D eigenvalue weighted by Crippen LogP contribution is -2.32. The molecule has 2 atom stereocenters. The average Bonchev–Trinajstić information content (AvgIpc) is 2.47. The van der Waals surface area contributed by atoms with Crippen LogP contribution in [0.5, 0.6) is 5.75 Å². The molecule has 0 aromatic heterocycles. The standard InChI is InChI=1S/C16H12Cl2O3/c17-10-3-1-2-9(6-10)15(19)13-8-21-14-5-4-11(18)7-12(14)16(13)20/h1-7,13,16,20H,8H2. The maximum atomic E-state index is 12.5. The van der Waals surface area contributed by atoms with Crippen molar-refractivity contribution in [2.75, 3.05) is 6.61 Å². The van der Waals surface area contributed by atoms with E-state index in [1.54, 1.807) is 42.5 Å². The Morgan fingerprint density at radius 2 is 1.90 bits per heavy atom. The van der Waals surface area contributed by atoms with Crippen LogP contribution in [0.4, 0.5) is 0 Å². The predicted molar refractivity (Wildman–Crippen MR) is 81.2 cm³/mol. The van der Waals surface area contributed by atoms with E-state index in [4.69, 9.17) is 27.9 Å². The van der Waals surface area contributed by atoms with Crippen molar-refractivity contribution in [2.24, 2.45) is 5.92 Å². The minimum Gasteiger partial charge on any atom is -0.492 e. The molecule has 3 rings (SSSR count). The lowest BCUT2D eigenvalue weighted by Gasteiger charge is -2.29. The fourth-order valence-corrected chi connectivity index (χ4v) is 2.82. The molecule has 3 nitrogen and oxygen atoms in total. The summed E-state index contributed by atoms with van der Waals surface area (Å²) in [4.78, 5) is 12.5. The zero-order valence-electron chi connectivity index (χ0n) is 10.9. The topological polar surface area (TPSA) is 46.5 Å². The van der Waals surface area contributed by atoms with Crippen molar-refractivity contribution in [3.8, 4) is 5.75 Å². The van der Waals surface area contributed by atoms with Crippen molar-refractivity contribution in [2.45, 2.75) is 6.10 Å². The fourth-order valence-electron chi connectivity index (χ4n) is 2.44. The number of ketones is 1. The van der Waals surface area contributed by atoms with E-state index < -0.39 is 12.0 Å². The van der Waals surface area contributed by atoms with Gasteiger partial charge < -0.3 is 9.84 Å². The van der Waals surface area contributed by atoms with Gasteiger partial charge in [0, 0.05) is 21.2 Å². The molecule has 0 bridgehead atoms. The second-order valence-corrected chi connectivity index (χ2v) is 5.79. The highest BCUT2D eigenvalue weighted by Gasteiger charge is 2.35. The minimum atomic E-state index is -0.945. The summed E-state index contributed by atoms with van der Waals surface area (Å²) in [5.41, 5.74) is 0.995. The lowest BCUT2D eigenvalue weighted by atomic mass is 9.87. The van der Waals surface area contributed by atoms with Crippen molar-refractivity contribution in [1.82, 2.24) is 0 Å². The van der Waals surface area contributed by atoms with Gasteiger partial charge in [0.15, 0.2) is 5.78 Å². The number of hydrogen-bond acceptors (Lipinski definition) is 3. The van der Waals surface area contributed by atoms with Crippen LogP contribution in [0.25, 0.3) is 0 Å². The van der Waals surface area contributed by atoms with Gasteiger partial charge in [-0.2, -0.15) is 0 Å². The second kappa shape index (κ2) is 5.68. The Morgan fingerprint density at radius 1 is 1.14 bits per heavy atom. The molecular formula is C16H12Cl2O3. The molecule has 21 heavy (non-hydrogen) atoms. The molecule has 0 spiro atoms. The summed E-state index contributed by atoms with van der Waals surface area (Å²) in [6.45, 7) is 0.126. The Kier molecular flexibility index (Phi) is 3.89. The van der Waals surface area contributed by atoms with Crippen LogP contribution >= 0.6 is 23.2 Å². The molecule has 0 saturated heterocycles. The lowest BCUT2D eigenvalue weighted by molar-refractivity contribution is 0.0418. The highest BCUT2D eigenvalue weighted by molar-refractivity contribution is 6.31. The molecule has 1 N–H and O–H groups in total. The van der Waals surface area contributed by atoms with Crippen molar-refractivity contribution in [3.05, 3.63) is 63.6 Å². The van der Waals surface area contributed by atoms with Gasteiger partial charge in [-0.1, -0.05) is 35.3 Å². The van der Waals surface area contributed by atoms with E-state index in [1.165, 1.54) is 0 Å². The molecule has 0 aliphatic carbocycles. The van der Waals surface area contributed by atoms with Crippen LogP contribution in [0.1, 0.15) is 22.0 Å². The number of aliphatic hydroxyl groups excluding tert-OH is 1. The van der Waals surface area contributed by atoms with E-state index >= 15 is 0 Å². The van der Waals surface area contributed by atoms with E-state index in [1.807, 2.05) is 0 Å². The Labute approximate surface area is 132 Å². The van der Waals surface area contributed by atoms with Crippen molar-refractivity contribution >= 4 is 29.0 Å². The third kappa shape index (κ3) is 2.77. The van der Waals surface area contributed by atoms with Crippen LogP contribution in [0.15, 0.2) is 42.5 Å². The Morgan fingerprint density at radius 3 is 2.67 bits per heavy atom. The van der Waals surface area contributed by atoms with Crippen molar-refractivity contribution in [1.29, 1.82) is 0 Å². The van der Waals surface area contributed by atoms with E-state index in [0.29, 0.717) is 26.9 Å². The number of rotatable bonds is 2. The number of carbonyl (C=O) groups excluding carboxylic acids is 1. The fraction of sp³-hybridized carbons (Fsp3) is 0.188. The van der Waals surface area contributed by atoms with Crippen LogP contribution in [0, 0.1) is 5.92 Å². The van der Waals surface area contributed by atoms with Crippen LogP contribution in [0.3, 0.4) is 0 Å². The largest absolute Gasteiger partial charge is 0.492 e. The smallest absolute Gasteiger partial charge is 0.172 e. The third-order valence-electron chi connectivity index (χ3n) is 3.54. The van der Waals surface area contributed by atoms with E-state index in [0.717, 1.165) is 0 Å². The number of carbonyl (C=O) groups is 1. The molecule has 108 valence electrons. The summed E-state index contributed by atoms with van der Waals surface area (Å²) < 4.78 is 5.56. The molecule has 0 saturated carbocycles. The summed E-state index contributed by atoms with van der Waals surface area (Å²) in [6, 6.07) is 11.7. The molecule has 1 heterocycles.